The molecule has 0 amide bonds. The summed E-state index contributed by atoms with van der Waals surface area (Å²) < 4.78 is 0. The SMILES string of the molecule is Cc1cc2ncnc(Nc3ccccc3CO)c2cc1C. The Labute approximate surface area is 123 Å². The van der Waals surface area contributed by atoms with Crippen LogP contribution in [0, 0.1) is 13.8 Å². The molecular weight excluding hydrogens is 262 g/mol. The minimum atomic E-state index is -0.00960. The van der Waals surface area contributed by atoms with E-state index in [2.05, 4.69) is 41.3 Å². The number of anilines is 2. The molecule has 21 heavy (non-hydrogen) atoms. The number of nitrogens with one attached hydrogen (secondary N) is 1. The summed E-state index contributed by atoms with van der Waals surface area (Å²) in [6.07, 6.45) is 1.56. The van der Waals surface area contributed by atoms with Gasteiger partial charge < -0.3 is 10.4 Å². The van der Waals surface area contributed by atoms with Crippen LogP contribution < -0.4 is 5.32 Å². The molecule has 0 aliphatic rings. The molecule has 2 aromatic carbocycles. The van der Waals surface area contributed by atoms with Crippen molar-refractivity contribution < 1.29 is 5.11 Å². The Morgan fingerprint density at radius 2 is 1.81 bits per heavy atom. The van der Waals surface area contributed by atoms with Crippen LogP contribution in [-0.4, -0.2) is 15.1 Å². The number of aliphatic hydroxyl groups is 1. The Bertz CT molecular complexity index is 799. The number of para-hydroxylation sites is 1. The summed E-state index contributed by atoms with van der Waals surface area (Å²) >= 11 is 0. The molecule has 0 aliphatic heterocycles. The minimum Gasteiger partial charge on any atom is -0.392 e. The van der Waals surface area contributed by atoms with Gasteiger partial charge in [0.1, 0.15) is 12.1 Å². The maximum absolute atomic E-state index is 9.42. The standard InChI is InChI=1S/C17H17N3O/c1-11-7-14-16(8-12(11)2)18-10-19-17(14)20-15-6-4-3-5-13(15)9-21/h3-8,10,21H,9H2,1-2H3,(H,18,19,20). The van der Waals surface area contributed by atoms with Crippen molar-refractivity contribution in [2.45, 2.75) is 20.5 Å². The van der Waals surface area contributed by atoms with E-state index in [0.717, 1.165) is 28.0 Å². The number of aliphatic hydroxyl groups excluding tert-OH is 1. The van der Waals surface area contributed by atoms with Gasteiger partial charge in [-0.15, -0.1) is 0 Å². The number of aryl methyl sites for hydroxylation is 2. The highest BCUT2D eigenvalue weighted by Gasteiger charge is 2.08. The maximum atomic E-state index is 9.42. The van der Waals surface area contributed by atoms with Crippen LogP contribution in [0.4, 0.5) is 11.5 Å². The fourth-order valence-electron chi connectivity index (χ4n) is 2.32. The average Bonchev–Trinajstić information content (AvgIpc) is 2.50. The van der Waals surface area contributed by atoms with E-state index in [0.29, 0.717) is 0 Å². The predicted molar refractivity (Wildman–Crippen MR) is 84.7 cm³/mol. The van der Waals surface area contributed by atoms with Crippen LogP contribution >= 0.6 is 0 Å². The molecular formula is C17H17N3O. The second-order valence-corrected chi connectivity index (χ2v) is 5.12. The van der Waals surface area contributed by atoms with E-state index < -0.39 is 0 Å². The van der Waals surface area contributed by atoms with E-state index in [9.17, 15) is 5.11 Å². The Kier molecular flexibility index (Phi) is 3.54. The first-order valence-electron chi connectivity index (χ1n) is 6.87. The van der Waals surface area contributed by atoms with Crippen LogP contribution in [-0.2, 0) is 6.61 Å². The quantitative estimate of drug-likeness (QED) is 0.770. The molecule has 0 saturated heterocycles. The second-order valence-electron chi connectivity index (χ2n) is 5.12. The number of aromatic nitrogens is 2. The molecule has 4 nitrogen and oxygen atoms in total. The third-order valence-corrected chi connectivity index (χ3v) is 3.69. The molecule has 2 N–H and O–H groups in total. The molecule has 0 radical (unpaired) electrons. The van der Waals surface area contributed by atoms with Gasteiger partial charge in [-0.3, -0.25) is 0 Å². The average molecular weight is 279 g/mol. The highest BCUT2D eigenvalue weighted by Crippen LogP contribution is 2.27. The number of benzene rings is 2. The molecule has 0 spiro atoms. The molecule has 1 heterocycles. The van der Waals surface area contributed by atoms with Crippen LogP contribution in [0.3, 0.4) is 0 Å². The Morgan fingerprint density at radius 3 is 2.62 bits per heavy atom. The van der Waals surface area contributed by atoms with Gasteiger partial charge in [0, 0.05) is 16.6 Å². The van der Waals surface area contributed by atoms with E-state index >= 15 is 0 Å². The summed E-state index contributed by atoms with van der Waals surface area (Å²) in [6.45, 7) is 4.14. The van der Waals surface area contributed by atoms with E-state index in [1.807, 2.05) is 24.3 Å². The third kappa shape index (κ3) is 2.58. The van der Waals surface area contributed by atoms with Gasteiger partial charge in [-0.2, -0.15) is 0 Å². The van der Waals surface area contributed by atoms with E-state index in [-0.39, 0.29) is 6.61 Å². The van der Waals surface area contributed by atoms with Gasteiger partial charge in [0.05, 0.1) is 12.1 Å². The van der Waals surface area contributed by atoms with Crippen LogP contribution in [0.25, 0.3) is 10.9 Å². The molecule has 0 aliphatic carbocycles. The van der Waals surface area contributed by atoms with Crippen molar-refractivity contribution in [3.8, 4) is 0 Å². The first kappa shape index (κ1) is 13.5. The summed E-state index contributed by atoms with van der Waals surface area (Å²) in [6, 6.07) is 11.8. The van der Waals surface area contributed by atoms with Gasteiger partial charge in [-0.25, -0.2) is 9.97 Å². The fourth-order valence-corrected chi connectivity index (χ4v) is 2.32. The Hall–Kier alpha value is -2.46. The van der Waals surface area contributed by atoms with Crippen LogP contribution in [0.2, 0.25) is 0 Å². The second kappa shape index (κ2) is 5.50. The molecule has 0 saturated carbocycles. The molecule has 3 aromatic rings. The summed E-state index contributed by atoms with van der Waals surface area (Å²) in [5.74, 6) is 0.754. The number of hydrogen-bond acceptors (Lipinski definition) is 4. The van der Waals surface area contributed by atoms with Crippen molar-refractivity contribution in [3.63, 3.8) is 0 Å². The van der Waals surface area contributed by atoms with Crippen LogP contribution in [0.15, 0.2) is 42.7 Å². The molecule has 4 heteroatoms. The number of fused-ring (bicyclic) bond motifs is 1. The third-order valence-electron chi connectivity index (χ3n) is 3.69. The van der Waals surface area contributed by atoms with Gasteiger partial charge in [0.25, 0.3) is 0 Å². The van der Waals surface area contributed by atoms with Gasteiger partial charge >= 0.3 is 0 Å². The summed E-state index contributed by atoms with van der Waals surface area (Å²) in [5, 5.41) is 13.7. The van der Waals surface area contributed by atoms with Crippen LogP contribution in [0.5, 0.6) is 0 Å². The van der Waals surface area contributed by atoms with Gasteiger partial charge in [-0.1, -0.05) is 18.2 Å². The van der Waals surface area contributed by atoms with E-state index in [1.54, 1.807) is 6.33 Å². The maximum Gasteiger partial charge on any atom is 0.141 e. The largest absolute Gasteiger partial charge is 0.392 e. The molecule has 1 aromatic heterocycles. The normalized spacial score (nSPS) is 10.8. The topological polar surface area (TPSA) is 58.0 Å². The van der Waals surface area contributed by atoms with Gasteiger partial charge in [0.15, 0.2) is 0 Å². The number of rotatable bonds is 3. The predicted octanol–water partition coefficient (Wildman–Crippen LogP) is 3.48. The lowest BCUT2D eigenvalue weighted by Crippen LogP contribution is -2.00. The number of nitrogens with zero attached hydrogens (tertiary/aromatic N) is 2. The van der Waals surface area contributed by atoms with E-state index in [1.165, 1.54) is 11.1 Å². The van der Waals surface area contributed by atoms with Gasteiger partial charge in [-0.05, 0) is 43.2 Å². The van der Waals surface area contributed by atoms with Crippen molar-refractivity contribution in [3.05, 3.63) is 59.4 Å². The molecule has 0 bridgehead atoms. The summed E-state index contributed by atoms with van der Waals surface area (Å²) in [5.41, 5.74) is 5.03. The Morgan fingerprint density at radius 1 is 1.05 bits per heavy atom. The Balaban J connectivity index is 2.10. The van der Waals surface area contributed by atoms with Gasteiger partial charge in [0.2, 0.25) is 0 Å². The highest BCUT2D eigenvalue weighted by molar-refractivity contribution is 5.91. The molecule has 3 rings (SSSR count). The van der Waals surface area contributed by atoms with E-state index in [4.69, 9.17) is 0 Å². The van der Waals surface area contributed by atoms with Crippen molar-refractivity contribution >= 4 is 22.4 Å². The molecule has 0 atom stereocenters. The smallest absolute Gasteiger partial charge is 0.141 e. The zero-order valence-corrected chi connectivity index (χ0v) is 12.1. The lowest BCUT2D eigenvalue weighted by molar-refractivity contribution is 0.282. The van der Waals surface area contributed by atoms with Crippen molar-refractivity contribution in [2.24, 2.45) is 0 Å². The molecule has 0 fully saturated rings. The van der Waals surface area contributed by atoms with Crippen molar-refractivity contribution in [2.75, 3.05) is 5.32 Å². The lowest BCUT2D eigenvalue weighted by atomic mass is 10.1. The van der Waals surface area contributed by atoms with Crippen molar-refractivity contribution in [1.82, 2.24) is 9.97 Å². The number of hydrogen-bond donors (Lipinski definition) is 2. The van der Waals surface area contributed by atoms with Crippen LogP contribution in [0.1, 0.15) is 16.7 Å². The highest BCUT2D eigenvalue weighted by atomic mass is 16.3. The summed E-state index contributed by atoms with van der Waals surface area (Å²) in [7, 11) is 0. The zero-order chi connectivity index (χ0) is 14.8. The van der Waals surface area contributed by atoms with Crippen molar-refractivity contribution in [1.29, 1.82) is 0 Å². The fraction of sp³-hybridized carbons (Fsp3) is 0.176. The first-order valence-corrected chi connectivity index (χ1v) is 6.87. The monoisotopic (exact) mass is 279 g/mol. The zero-order valence-electron chi connectivity index (χ0n) is 12.1. The lowest BCUT2D eigenvalue weighted by Gasteiger charge is -2.12. The summed E-state index contributed by atoms with van der Waals surface area (Å²) in [4.78, 5) is 8.67. The molecule has 0 unspecified atom stereocenters. The minimum absolute atomic E-state index is 0.00960. The first-order chi connectivity index (χ1) is 10.2. The molecule has 106 valence electrons.